The first-order valence-electron chi connectivity index (χ1n) is 9.18. The number of hydrogen-bond donors (Lipinski definition) is 2. The van der Waals surface area contributed by atoms with Crippen molar-refractivity contribution in [2.45, 2.75) is 18.4 Å². The number of anilines is 1. The van der Waals surface area contributed by atoms with Crippen LogP contribution in [0.5, 0.6) is 0 Å². The molecule has 3 aromatic rings. The fourth-order valence-corrected chi connectivity index (χ4v) is 4.33. The zero-order chi connectivity index (χ0) is 25.3. The third-order valence-electron chi connectivity index (χ3n) is 4.51. The molecule has 3 rings (SSSR count). The highest BCUT2D eigenvalue weighted by molar-refractivity contribution is 9.11. The number of carbonyl (C=O) groups is 1. The molecule has 2 aromatic carbocycles. The van der Waals surface area contributed by atoms with E-state index in [1.54, 1.807) is 0 Å². The lowest BCUT2D eigenvalue weighted by Gasteiger charge is -2.23. The fourth-order valence-electron chi connectivity index (χ4n) is 3.00. The summed E-state index contributed by atoms with van der Waals surface area (Å²) in [5.74, 6) is -0.629. The standard InChI is InChI=1S/C21H12Br2F7N3O/c22-14-8-12(24)9-15(23)18(14)33-19(34)32-16(10-3-5-11(6-4-10)20(25,26)27)17-13(21(28,29)30)2-1-7-31-17/h1-9,16H,(H2,32,33,34). The number of benzene rings is 2. The van der Waals surface area contributed by atoms with Crippen molar-refractivity contribution in [3.8, 4) is 0 Å². The SMILES string of the molecule is O=C(Nc1c(Br)cc(F)cc1Br)NC(c1ccc(C(F)(F)F)cc1)c1ncccc1C(F)(F)F. The summed E-state index contributed by atoms with van der Waals surface area (Å²) in [5, 5.41) is 4.68. The average Bonchev–Trinajstić information content (AvgIpc) is 2.73. The molecule has 1 atom stereocenters. The summed E-state index contributed by atoms with van der Waals surface area (Å²) in [7, 11) is 0. The van der Waals surface area contributed by atoms with Crippen LogP contribution in [-0.2, 0) is 12.4 Å². The summed E-state index contributed by atoms with van der Waals surface area (Å²) in [6.07, 6.45) is -8.45. The number of nitrogens with zero attached hydrogens (tertiary/aromatic N) is 1. The van der Waals surface area contributed by atoms with Crippen LogP contribution >= 0.6 is 31.9 Å². The van der Waals surface area contributed by atoms with Crippen LogP contribution in [0.1, 0.15) is 28.4 Å². The van der Waals surface area contributed by atoms with E-state index in [1.165, 1.54) is 0 Å². The molecule has 0 saturated heterocycles. The lowest BCUT2D eigenvalue weighted by atomic mass is 9.98. The van der Waals surface area contributed by atoms with Crippen LogP contribution in [0.2, 0.25) is 0 Å². The van der Waals surface area contributed by atoms with Crippen molar-refractivity contribution in [2.24, 2.45) is 0 Å². The molecule has 0 radical (unpaired) electrons. The predicted molar refractivity (Wildman–Crippen MR) is 116 cm³/mol. The lowest BCUT2D eigenvalue weighted by molar-refractivity contribution is -0.139. The molecule has 1 heterocycles. The summed E-state index contributed by atoms with van der Waals surface area (Å²) >= 11 is 6.13. The highest BCUT2D eigenvalue weighted by atomic mass is 79.9. The molecule has 0 bridgehead atoms. The van der Waals surface area contributed by atoms with Gasteiger partial charge in [-0.15, -0.1) is 0 Å². The smallest absolute Gasteiger partial charge is 0.325 e. The Morgan fingerprint density at radius 2 is 1.50 bits per heavy atom. The van der Waals surface area contributed by atoms with Gasteiger partial charge in [0.05, 0.1) is 28.6 Å². The Hall–Kier alpha value is -2.67. The predicted octanol–water partition coefficient (Wildman–Crippen LogP) is 7.69. The van der Waals surface area contributed by atoms with Crippen LogP contribution in [0.15, 0.2) is 63.7 Å². The summed E-state index contributed by atoms with van der Waals surface area (Å²) < 4.78 is 93.4. The number of amides is 2. The van der Waals surface area contributed by atoms with E-state index >= 15 is 0 Å². The van der Waals surface area contributed by atoms with Gasteiger partial charge in [0.15, 0.2) is 0 Å². The van der Waals surface area contributed by atoms with E-state index in [9.17, 15) is 35.5 Å². The maximum absolute atomic E-state index is 13.6. The molecular weight excluding hydrogens is 603 g/mol. The minimum Gasteiger partial charge on any atom is -0.325 e. The van der Waals surface area contributed by atoms with Gasteiger partial charge in [-0.25, -0.2) is 9.18 Å². The first-order valence-corrected chi connectivity index (χ1v) is 10.8. The number of pyridine rings is 1. The van der Waals surface area contributed by atoms with Crippen molar-refractivity contribution in [3.63, 3.8) is 0 Å². The lowest BCUT2D eigenvalue weighted by Crippen LogP contribution is -2.35. The second-order valence-electron chi connectivity index (χ2n) is 6.83. The first-order chi connectivity index (χ1) is 15.8. The fraction of sp³-hybridized carbons (Fsp3) is 0.143. The van der Waals surface area contributed by atoms with Gasteiger partial charge in [-0.1, -0.05) is 12.1 Å². The molecule has 13 heteroatoms. The minimum atomic E-state index is -4.85. The van der Waals surface area contributed by atoms with Crippen LogP contribution in [-0.4, -0.2) is 11.0 Å². The summed E-state index contributed by atoms with van der Waals surface area (Å²) in [6, 6.07) is 4.57. The molecule has 0 aliphatic carbocycles. The van der Waals surface area contributed by atoms with E-state index in [1.807, 2.05) is 0 Å². The molecule has 1 aromatic heterocycles. The van der Waals surface area contributed by atoms with E-state index in [-0.39, 0.29) is 20.2 Å². The molecule has 180 valence electrons. The average molecular weight is 615 g/mol. The number of rotatable bonds is 4. The number of alkyl halides is 6. The molecular formula is C21H12Br2F7N3O. The number of aromatic nitrogens is 1. The topological polar surface area (TPSA) is 54.0 Å². The minimum absolute atomic E-state index is 0.0714. The van der Waals surface area contributed by atoms with Crippen molar-refractivity contribution in [3.05, 3.63) is 91.9 Å². The Labute approximate surface area is 204 Å². The number of carbonyl (C=O) groups excluding carboxylic acids is 1. The maximum Gasteiger partial charge on any atom is 0.418 e. The third-order valence-corrected chi connectivity index (χ3v) is 5.76. The van der Waals surface area contributed by atoms with Gasteiger partial charge in [0.1, 0.15) is 5.82 Å². The molecule has 1 unspecified atom stereocenters. The van der Waals surface area contributed by atoms with Gasteiger partial charge >= 0.3 is 18.4 Å². The molecule has 2 N–H and O–H groups in total. The third kappa shape index (κ3) is 6.06. The van der Waals surface area contributed by atoms with Crippen LogP contribution < -0.4 is 10.6 Å². The van der Waals surface area contributed by atoms with Gasteiger partial charge in [-0.3, -0.25) is 4.98 Å². The van der Waals surface area contributed by atoms with E-state index in [0.717, 1.165) is 42.6 Å². The van der Waals surface area contributed by atoms with Gasteiger partial charge in [0, 0.05) is 15.1 Å². The number of urea groups is 1. The van der Waals surface area contributed by atoms with Crippen molar-refractivity contribution in [1.82, 2.24) is 10.3 Å². The Kier molecular flexibility index (Phi) is 7.56. The monoisotopic (exact) mass is 613 g/mol. The molecule has 4 nitrogen and oxygen atoms in total. The van der Waals surface area contributed by atoms with E-state index in [2.05, 4.69) is 47.5 Å². The Balaban J connectivity index is 2.02. The molecule has 0 spiro atoms. The van der Waals surface area contributed by atoms with Gasteiger partial charge in [0.2, 0.25) is 0 Å². The highest BCUT2D eigenvalue weighted by Gasteiger charge is 2.37. The van der Waals surface area contributed by atoms with E-state index in [4.69, 9.17) is 0 Å². The molecule has 0 saturated carbocycles. The summed E-state index contributed by atoms with van der Waals surface area (Å²) in [6.45, 7) is 0. The Morgan fingerprint density at radius 1 is 0.912 bits per heavy atom. The first kappa shape index (κ1) is 25.9. The highest BCUT2D eigenvalue weighted by Crippen LogP contribution is 2.37. The molecule has 34 heavy (non-hydrogen) atoms. The quantitative estimate of drug-likeness (QED) is 0.296. The molecule has 0 aliphatic rings. The second kappa shape index (κ2) is 9.90. The van der Waals surface area contributed by atoms with Crippen LogP contribution in [0, 0.1) is 5.82 Å². The van der Waals surface area contributed by atoms with E-state index in [0.29, 0.717) is 12.1 Å². The largest absolute Gasteiger partial charge is 0.418 e. The molecule has 0 aliphatic heterocycles. The maximum atomic E-state index is 13.6. The van der Waals surface area contributed by atoms with Gasteiger partial charge < -0.3 is 10.6 Å². The zero-order valence-corrected chi connectivity index (χ0v) is 19.7. The van der Waals surface area contributed by atoms with Crippen molar-refractivity contribution >= 4 is 43.6 Å². The molecule has 2 amide bonds. The zero-order valence-electron chi connectivity index (χ0n) is 16.5. The van der Waals surface area contributed by atoms with E-state index < -0.39 is 47.1 Å². The summed E-state index contributed by atoms with van der Waals surface area (Å²) in [4.78, 5) is 16.4. The van der Waals surface area contributed by atoms with Crippen molar-refractivity contribution in [2.75, 3.05) is 5.32 Å². The Bertz CT molecular complexity index is 1180. The van der Waals surface area contributed by atoms with Crippen molar-refractivity contribution < 1.29 is 35.5 Å². The number of hydrogen-bond acceptors (Lipinski definition) is 2. The Morgan fingerprint density at radius 3 is 2.03 bits per heavy atom. The van der Waals surface area contributed by atoms with Crippen LogP contribution in [0.25, 0.3) is 0 Å². The van der Waals surface area contributed by atoms with Crippen molar-refractivity contribution in [1.29, 1.82) is 0 Å². The second-order valence-corrected chi connectivity index (χ2v) is 8.54. The molecule has 0 fully saturated rings. The van der Waals surface area contributed by atoms with Gasteiger partial charge in [-0.05, 0) is 73.8 Å². The van der Waals surface area contributed by atoms with Gasteiger partial charge in [0.25, 0.3) is 0 Å². The van der Waals surface area contributed by atoms with Crippen LogP contribution in [0.3, 0.4) is 0 Å². The normalized spacial score (nSPS) is 12.9. The van der Waals surface area contributed by atoms with Gasteiger partial charge in [-0.2, -0.15) is 26.3 Å². The summed E-state index contributed by atoms with van der Waals surface area (Å²) in [5.41, 5.74) is -2.83. The van der Waals surface area contributed by atoms with Crippen LogP contribution in [0.4, 0.5) is 41.2 Å². The number of halogens is 9. The number of nitrogens with one attached hydrogen (secondary N) is 2.